The van der Waals surface area contributed by atoms with Crippen LogP contribution in [-0.2, 0) is 16.4 Å². The van der Waals surface area contributed by atoms with Crippen LogP contribution in [0, 0.1) is 10.6 Å². The standard InChI is InChI=1S/C18H18FN5OS/c1-25-16-9-13(19)6-7-15(16)17-21-11-22-18(24-17)23-14-5-3-4-12(8-14)10-26(2)20/h3-9,11,20H,10H2,1-2H3,(H,21,22,23,24)/t26-/m0/s1. The number of aromatic nitrogens is 3. The molecule has 0 radical (unpaired) electrons. The molecule has 3 aromatic rings. The highest BCUT2D eigenvalue weighted by Gasteiger charge is 2.11. The van der Waals surface area contributed by atoms with Gasteiger partial charge in [-0.3, -0.25) is 4.78 Å². The van der Waals surface area contributed by atoms with Crippen molar-refractivity contribution < 1.29 is 9.13 Å². The molecule has 0 saturated carbocycles. The largest absolute Gasteiger partial charge is 0.496 e. The van der Waals surface area contributed by atoms with Gasteiger partial charge in [-0.15, -0.1) is 10.7 Å². The molecule has 1 atom stereocenters. The SMILES string of the molecule is COc1cc(F)ccc1-c1ncnc(Nc2cccc(C[S@](C)=N)c2)n1. The molecule has 0 fully saturated rings. The fraction of sp³-hybridized carbons (Fsp3) is 0.167. The molecule has 1 heterocycles. The van der Waals surface area contributed by atoms with E-state index in [9.17, 15) is 4.39 Å². The highest BCUT2D eigenvalue weighted by atomic mass is 32.2. The minimum absolute atomic E-state index is 0.356. The molecule has 0 bridgehead atoms. The Bertz CT molecular complexity index is 950. The first kappa shape index (κ1) is 17.9. The molecule has 0 aliphatic heterocycles. The van der Waals surface area contributed by atoms with Crippen LogP contribution in [0.4, 0.5) is 16.0 Å². The van der Waals surface area contributed by atoms with Gasteiger partial charge in [0.2, 0.25) is 5.95 Å². The van der Waals surface area contributed by atoms with Crippen LogP contribution in [0.3, 0.4) is 0 Å². The van der Waals surface area contributed by atoms with Crippen molar-refractivity contribution in [2.45, 2.75) is 5.75 Å². The summed E-state index contributed by atoms with van der Waals surface area (Å²) in [5.74, 6) is 1.43. The van der Waals surface area contributed by atoms with Crippen LogP contribution >= 0.6 is 0 Å². The van der Waals surface area contributed by atoms with Gasteiger partial charge in [-0.2, -0.15) is 4.98 Å². The van der Waals surface area contributed by atoms with Crippen LogP contribution in [0.5, 0.6) is 5.75 Å². The maximum atomic E-state index is 13.4. The molecule has 2 aromatic carbocycles. The highest BCUT2D eigenvalue weighted by molar-refractivity contribution is 7.84. The Morgan fingerprint density at radius 3 is 2.81 bits per heavy atom. The summed E-state index contributed by atoms with van der Waals surface area (Å²) >= 11 is 0. The number of nitrogens with one attached hydrogen (secondary N) is 2. The third-order valence-corrected chi connectivity index (χ3v) is 4.31. The van der Waals surface area contributed by atoms with Crippen molar-refractivity contribution in [1.82, 2.24) is 15.0 Å². The number of benzene rings is 2. The fourth-order valence-corrected chi connectivity index (χ4v) is 3.13. The lowest BCUT2D eigenvalue weighted by Crippen LogP contribution is -2.01. The lowest BCUT2D eigenvalue weighted by atomic mass is 10.2. The van der Waals surface area contributed by atoms with E-state index in [1.807, 2.05) is 30.5 Å². The molecule has 3 rings (SSSR count). The summed E-state index contributed by atoms with van der Waals surface area (Å²) in [4.78, 5) is 12.7. The van der Waals surface area contributed by atoms with Gasteiger partial charge in [0.15, 0.2) is 5.82 Å². The molecular formula is C18H18FN5OS. The van der Waals surface area contributed by atoms with E-state index in [2.05, 4.69) is 20.3 Å². The van der Waals surface area contributed by atoms with Gasteiger partial charge < -0.3 is 10.1 Å². The number of halogens is 1. The van der Waals surface area contributed by atoms with E-state index in [1.54, 1.807) is 6.07 Å². The Labute approximate surface area is 153 Å². The second-order valence-electron chi connectivity index (χ2n) is 5.58. The average Bonchev–Trinajstić information content (AvgIpc) is 2.61. The van der Waals surface area contributed by atoms with Crippen LogP contribution in [0.1, 0.15) is 5.56 Å². The summed E-state index contributed by atoms with van der Waals surface area (Å²) in [5, 5.41) is 3.14. The van der Waals surface area contributed by atoms with Gasteiger partial charge in [0.25, 0.3) is 0 Å². The van der Waals surface area contributed by atoms with Crippen molar-refractivity contribution in [2.24, 2.45) is 0 Å². The van der Waals surface area contributed by atoms with Gasteiger partial charge in [-0.25, -0.2) is 14.4 Å². The van der Waals surface area contributed by atoms with E-state index in [-0.39, 0.29) is 5.82 Å². The van der Waals surface area contributed by atoms with Gasteiger partial charge in [-0.1, -0.05) is 12.1 Å². The summed E-state index contributed by atoms with van der Waals surface area (Å²) < 4.78 is 26.3. The molecule has 0 aliphatic rings. The van der Waals surface area contributed by atoms with Crippen molar-refractivity contribution in [3.8, 4) is 17.1 Å². The second kappa shape index (κ2) is 8.01. The highest BCUT2D eigenvalue weighted by Crippen LogP contribution is 2.28. The first-order valence-electron chi connectivity index (χ1n) is 7.78. The van der Waals surface area contributed by atoms with E-state index in [0.29, 0.717) is 28.8 Å². The summed E-state index contributed by atoms with van der Waals surface area (Å²) in [6.07, 6.45) is 3.28. The van der Waals surface area contributed by atoms with Crippen molar-refractivity contribution in [1.29, 1.82) is 4.78 Å². The minimum atomic E-state index is -0.419. The van der Waals surface area contributed by atoms with Gasteiger partial charge in [0, 0.05) is 17.5 Å². The quantitative estimate of drug-likeness (QED) is 0.686. The molecule has 0 spiro atoms. The molecule has 0 amide bonds. The maximum absolute atomic E-state index is 13.4. The molecule has 134 valence electrons. The lowest BCUT2D eigenvalue weighted by Gasteiger charge is -2.10. The van der Waals surface area contributed by atoms with Crippen molar-refractivity contribution >= 4 is 22.3 Å². The Kier molecular flexibility index (Phi) is 5.52. The van der Waals surface area contributed by atoms with Gasteiger partial charge in [0.05, 0.1) is 12.7 Å². The number of anilines is 2. The van der Waals surface area contributed by atoms with E-state index in [0.717, 1.165) is 11.3 Å². The molecular weight excluding hydrogens is 353 g/mol. The zero-order chi connectivity index (χ0) is 18.5. The van der Waals surface area contributed by atoms with Gasteiger partial charge in [0.1, 0.15) is 17.9 Å². The predicted molar refractivity (Wildman–Crippen MR) is 101 cm³/mol. The zero-order valence-electron chi connectivity index (χ0n) is 14.4. The molecule has 2 N–H and O–H groups in total. The molecule has 8 heteroatoms. The number of rotatable bonds is 6. The topological polar surface area (TPSA) is 83.8 Å². The summed E-state index contributed by atoms with van der Waals surface area (Å²) in [5.41, 5.74) is 2.49. The van der Waals surface area contributed by atoms with Gasteiger partial charge >= 0.3 is 0 Å². The number of ether oxygens (including phenoxy) is 1. The van der Waals surface area contributed by atoms with E-state index in [1.165, 1.54) is 25.6 Å². The average molecular weight is 371 g/mol. The number of hydrogen-bond acceptors (Lipinski definition) is 6. The van der Waals surface area contributed by atoms with Crippen LogP contribution < -0.4 is 10.1 Å². The molecule has 1 aromatic heterocycles. The number of hydrogen-bond donors (Lipinski definition) is 2. The monoisotopic (exact) mass is 371 g/mol. The van der Waals surface area contributed by atoms with E-state index in [4.69, 9.17) is 9.52 Å². The normalized spacial score (nSPS) is 11.8. The second-order valence-corrected chi connectivity index (χ2v) is 7.15. The van der Waals surface area contributed by atoms with Gasteiger partial charge in [-0.05, 0) is 36.1 Å². The molecule has 6 nitrogen and oxygen atoms in total. The van der Waals surface area contributed by atoms with Crippen LogP contribution in [0.2, 0.25) is 0 Å². The summed E-state index contributed by atoms with van der Waals surface area (Å²) in [7, 11) is 1.05. The third kappa shape index (κ3) is 4.40. The third-order valence-electron chi connectivity index (χ3n) is 3.54. The maximum Gasteiger partial charge on any atom is 0.230 e. The van der Waals surface area contributed by atoms with Crippen molar-refractivity contribution in [2.75, 3.05) is 18.7 Å². The number of methoxy groups -OCH3 is 1. The molecule has 0 unspecified atom stereocenters. The first-order chi connectivity index (χ1) is 12.5. The first-order valence-corrected chi connectivity index (χ1v) is 9.58. The van der Waals surface area contributed by atoms with E-state index >= 15 is 0 Å². The number of nitrogens with zero attached hydrogens (tertiary/aromatic N) is 3. The smallest absolute Gasteiger partial charge is 0.230 e. The zero-order valence-corrected chi connectivity index (χ0v) is 15.2. The van der Waals surface area contributed by atoms with Crippen LogP contribution in [0.15, 0.2) is 48.8 Å². The molecule has 0 saturated heterocycles. The predicted octanol–water partition coefficient (Wildman–Crippen LogP) is 3.94. The lowest BCUT2D eigenvalue weighted by molar-refractivity contribution is 0.412. The van der Waals surface area contributed by atoms with Crippen LogP contribution in [0.25, 0.3) is 11.4 Å². The van der Waals surface area contributed by atoms with E-state index < -0.39 is 10.7 Å². The fourth-order valence-electron chi connectivity index (χ4n) is 2.45. The minimum Gasteiger partial charge on any atom is -0.496 e. The summed E-state index contributed by atoms with van der Waals surface area (Å²) in [6, 6.07) is 12.0. The Morgan fingerprint density at radius 1 is 1.19 bits per heavy atom. The Hall–Kier alpha value is -2.87. The molecule has 26 heavy (non-hydrogen) atoms. The van der Waals surface area contributed by atoms with Crippen LogP contribution in [-0.4, -0.2) is 28.3 Å². The molecule has 0 aliphatic carbocycles. The van der Waals surface area contributed by atoms with Crippen molar-refractivity contribution in [3.63, 3.8) is 0 Å². The Morgan fingerprint density at radius 2 is 2.04 bits per heavy atom. The Balaban J connectivity index is 1.88. The summed E-state index contributed by atoms with van der Waals surface area (Å²) in [6.45, 7) is 0. The van der Waals surface area contributed by atoms with Crippen molar-refractivity contribution in [3.05, 3.63) is 60.2 Å².